The van der Waals surface area contributed by atoms with Crippen LogP contribution in [-0.4, -0.2) is 28.2 Å². The van der Waals surface area contributed by atoms with Gasteiger partial charge in [-0.1, -0.05) is 42.1 Å². The van der Waals surface area contributed by atoms with Crippen molar-refractivity contribution in [1.29, 1.82) is 0 Å². The van der Waals surface area contributed by atoms with Gasteiger partial charge in [0, 0.05) is 27.9 Å². The van der Waals surface area contributed by atoms with E-state index in [1.807, 2.05) is 91.0 Å². The molecule has 0 aliphatic rings. The fourth-order valence-electron chi connectivity index (χ4n) is 3.78. The lowest BCUT2D eigenvalue weighted by atomic mass is 10.2. The minimum absolute atomic E-state index is 0.120. The lowest BCUT2D eigenvalue weighted by Gasteiger charge is -2.11. The minimum Gasteiger partial charge on any atom is -0.497 e. The highest BCUT2D eigenvalue weighted by Gasteiger charge is 2.13. The van der Waals surface area contributed by atoms with E-state index in [4.69, 9.17) is 4.74 Å². The van der Waals surface area contributed by atoms with Crippen LogP contribution in [0, 0.1) is 0 Å². The Kier molecular flexibility index (Phi) is 7.10. The zero-order valence-corrected chi connectivity index (χ0v) is 20.5. The molecule has 3 aromatic carbocycles. The van der Waals surface area contributed by atoms with Gasteiger partial charge in [-0.2, -0.15) is 5.10 Å². The first kappa shape index (κ1) is 23.4. The molecule has 0 unspecified atom stereocenters. The summed E-state index contributed by atoms with van der Waals surface area (Å²) in [6.07, 6.45) is 5.66. The molecule has 0 aliphatic carbocycles. The molecule has 0 aliphatic heterocycles. The van der Waals surface area contributed by atoms with E-state index in [2.05, 4.69) is 26.6 Å². The molecular formula is C29H24N4O2S. The van der Waals surface area contributed by atoms with Crippen molar-refractivity contribution in [1.82, 2.24) is 20.5 Å². The number of methoxy groups -OCH3 is 1. The van der Waals surface area contributed by atoms with Crippen molar-refractivity contribution in [3.63, 3.8) is 0 Å². The average Bonchev–Trinajstić information content (AvgIpc) is 3.33. The van der Waals surface area contributed by atoms with Gasteiger partial charge in [0.2, 0.25) is 0 Å². The number of hydrogen-bond donors (Lipinski definition) is 2. The van der Waals surface area contributed by atoms with Gasteiger partial charge in [0.05, 0.1) is 29.6 Å². The van der Waals surface area contributed by atoms with Crippen LogP contribution in [0.15, 0.2) is 101 Å². The van der Waals surface area contributed by atoms with E-state index in [1.165, 1.54) is 0 Å². The molecule has 0 radical (unpaired) electrons. The molecule has 5 aromatic rings. The molecule has 0 spiro atoms. The largest absolute Gasteiger partial charge is 0.497 e. The molecule has 0 fully saturated rings. The standard InChI is InChI=1S/C29H24N4O2S/c1-35-22-9-6-7-20(17-22)19-31-29(34)25-10-2-3-11-28(25)36-23-13-14-24-26(32-33-27(24)18-23)15-12-21-8-4-5-16-30-21/h2-18H,19H2,1H3,(H,31,34)(H,32,33)/b15-12+. The third-order valence-electron chi connectivity index (χ3n) is 5.61. The van der Waals surface area contributed by atoms with Gasteiger partial charge in [0.25, 0.3) is 5.91 Å². The zero-order chi connectivity index (χ0) is 24.7. The predicted octanol–water partition coefficient (Wildman–Crippen LogP) is 6.22. The Bertz CT molecular complexity index is 1530. The van der Waals surface area contributed by atoms with E-state index in [1.54, 1.807) is 25.1 Å². The highest BCUT2D eigenvalue weighted by molar-refractivity contribution is 7.99. The van der Waals surface area contributed by atoms with Crippen molar-refractivity contribution in [2.24, 2.45) is 0 Å². The number of hydrogen-bond acceptors (Lipinski definition) is 5. The zero-order valence-electron chi connectivity index (χ0n) is 19.6. The van der Waals surface area contributed by atoms with Crippen LogP contribution in [0.3, 0.4) is 0 Å². The maximum Gasteiger partial charge on any atom is 0.252 e. The van der Waals surface area contributed by atoms with Crippen LogP contribution in [0.25, 0.3) is 23.1 Å². The molecule has 178 valence electrons. The van der Waals surface area contributed by atoms with Crippen molar-refractivity contribution >= 4 is 40.7 Å². The maximum absolute atomic E-state index is 13.0. The maximum atomic E-state index is 13.0. The van der Waals surface area contributed by atoms with Crippen LogP contribution in [0.2, 0.25) is 0 Å². The highest BCUT2D eigenvalue weighted by Crippen LogP contribution is 2.33. The average molecular weight is 493 g/mol. The molecular weight excluding hydrogens is 468 g/mol. The van der Waals surface area contributed by atoms with Gasteiger partial charge in [-0.25, -0.2) is 0 Å². The predicted molar refractivity (Wildman–Crippen MR) is 144 cm³/mol. The number of carbonyl (C=O) groups excluding carboxylic acids is 1. The van der Waals surface area contributed by atoms with E-state index in [0.29, 0.717) is 12.1 Å². The monoisotopic (exact) mass is 492 g/mol. The molecule has 0 saturated carbocycles. The van der Waals surface area contributed by atoms with E-state index in [9.17, 15) is 4.79 Å². The number of nitrogens with one attached hydrogen (secondary N) is 2. The smallest absolute Gasteiger partial charge is 0.252 e. The van der Waals surface area contributed by atoms with Crippen LogP contribution < -0.4 is 10.1 Å². The third-order valence-corrected chi connectivity index (χ3v) is 6.68. The third kappa shape index (κ3) is 5.47. The van der Waals surface area contributed by atoms with Crippen LogP contribution >= 0.6 is 11.8 Å². The SMILES string of the molecule is COc1cccc(CNC(=O)c2ccccc2Sc2ccc3c(/C=C/c4ccccn4)n[nH]c3c2)c1. The number of benzene rings is 3. The molecule has 2 heterocycles. The van der Waals surface area contributed by atoms with E-state index in [-0.39, 0.29) is 5.91 Å². The lowest BCUT2D eigenvalue weighted by molar-refractivity contribution is 0.0948. The number of aromatic nitrogens is 3. The van der Waals surface area contributed by atoms with Crippen molar-refractivity contribution in [2.45, 2.75) is 16.3 Å². The van der Waals surface area contributed by atoms with Gasteiger partial charge < -0.3 is 10.1 Å². The first-order chi connectivity index (χ1) is 17.7. The molecule has 1 amide bonds. The van der Waals surface area contributed by atoms with Crippen molar-refractivity contribution < 1.29 is 9.53 Å². The molecule has 7 heteroatoms. The minimum atomic E-state index is -0.120. The second-order valence-corrected chi connectivity index (χ2v) is 9.15. The Hall–Kier alpha value is -4.36. The summed E-state index contributed by atoms with van der Waals surface area (Å²) >= 11 is 1.55. The van der Waals surface area contributed by atoms with Crippen molar-refractivity contribution in [2.75, 3.05) is 7.11 Å². The van der Waals surface area contributed by atoms with Crippen LogP contribution in [-0.2, 0) is 6.54 Å². The van der Waals surface area contributed by atoms with Crippen LogP contribution in [0.5, 0.6) is 5.75 Å². The van der Waals surface area contributed by atoms with E-state index < -0.39 is 0 Å². The quantitative estimate of drug-likeness (QED) is 0.269. The van der Waals surface area contributed by atoms with Gasteiger partial charge in [-0.05, 0) is 72.3 Å². The van der Waals surface area contributed by atoms with Gasteiger partial charge in [-0.3, -0.25) is 14.9 Å². The number of ether oxygens (including phenoxy) is 1. The van der Waals surface area contributed by atoms with Gasteiger partial charge in [0.1, 0.15) is 5.75 Å². The van der Waals surface area contributed by atoms with Crippen LogP contribution in [0.4, 0.5) is 0 Å². The number of carbonyl (C=O) groups is 1. The topological polar surface area (TPSA) is 79.9 Å². The summed E-state index contributed by atoms with van der Waals surface area (Å²) in [4.78, 5) is 19.2. The number of nitrogens with zero attached hydrogens (tertiary/aromatic N) is 2. The molecule has 36 heavy (non-hydrogen) atoms. The summed E-state index contributed by atoms with van der Waals surface area (Å²) in [5, 5.41) is 11.6. The number of H-pyrrole nitrogens is 1. The van der Waals surface area contributed by atoms with Gasteiger partial charge in [0.15, 0.2) is 0 Å². The summed E-state index contributed by atoms with van der Waals surface area (Å²) in [7, 11) is 1.63. The highest BCUT2D eigenvalue weighted by atomic mass is 32.2. The van der Waals surface area contributed by atoms with E-state index in [0.717, 1.165) is 43.4 Å². The lowest BCUT2D eigenvalue weighted by Crippen LogP contribution is -2.23. The fraction of sp³-hybridized carbons (Fsp3) is 0.0690. The summed E-state index contributed by atoms with van der Waals surface area (Å²) in [5.41, 5.74) is 4.27. The van der Waals surface area contributed by atoms with Crippen LogP contribution in [0.1, 0.15) is 27.3 Å². The second kappa shape index (κ2) is 10.9. The number of aromatic amines is 1. The van der Waals surface area contributed by atoms with Crippen molar-refractivity contribution in [3.8, 4) is 5.75 Å². The Morgan fingerprint density at radius 1 is 1.00 bits per heavy atom. The number of rotatable bonds is 8. The summed E-state index contributed by atoms with van der Waals surface area (Å²) < 4.78 is 5.27. The fourth-order valence-corrected chi connectivity index (χ4v) is 4.76. The molecule has 2 N–H and O–H groups in total. The number of amides is 1. The second-order valence-electron chi connectivity index (χ2n) is 8.04. The first-order valence-corrected chi connectivity index (χ1v) is 12.3. The Morgan fingerprint density at radius 3 is 2.75 bits per heavy atom. The normalized spacial score (nSPS) is 11.1. The Morgan fingerprint density at radius 2 is 1.89 bits per heavy atom. The first-order valence-electron chi connectivity index (χ1n) is 11.4. The molecule has 2 aromatic heterocycles. The number of pyridine rings is 1. The Labute approximate surface area is 213 Å². The van der Waals surface area contributed by atoms with Crippen molar-refractivity contribution in [3.05, 3.63) is 114 Å². The van der Waals surface area contributed by atoms with Gasteiger partial charge in [-0.15, -0.1) is 0 Å². The molecule has 6 nitrogen and oxygen atoms in total. The number of fused-ring (bicyclic) bond motifs is 1. The molecule has 0 atom stereocenters. The molecule has 0 saturated heterocycles. The Balaban J connectivity index is 1.31. The summed E-state index contributed by atoms with van der Waals surface area (Å²) in [5.74, 6) is 0.646. The molecule has 5 rings (SSSR count). The summed E-state index contributed by atoms with van der Waals surface area (Å²) in [6, 6.07) is 27.2. The van der Waals surface area contributed by atoms with Gasteiger partial charge >= 0.3 is 0 Å². The summed E-state index contributed by atoms with van der Waals surface area (Å²) in [6.45, 7) is 0.421. The van der Waals surface area contributed by atoms with E-state index >= 15 is 0 Å². The molecule has 0 bridgehead atoms.